The van der Waals surface area contributed by atoms with Gasteiger partial charge in [-0.1, -0.05) is 91.7 Å². The molecular formula is C67H85N3O2S2. The summed E-state index contributed by atoms with van der Waals surface area (Å²) in [5, 5.41) is 6.98. The maximum Gasteiger partial charge on any atom is 0.103 e. The van der Waals surface area contributed by atoms with Crippen molar-refractivity contribution in [3.8, 4) is 5.69 Å². The Balaban J connectivity index is 0.000000186. The summed E-state index contributed by atoms with van der Waals surface area (Å²) >= 11 is 3.61. The SMILES string of the molecule is CC1=C(C)C(C)(C)C=C1.Cc1c(C)n(C)c2ccccc12.Cc1c(C)n(C)c2ccccc12.Cc1ccn(-c2ccccc2)c1C.Cc1ccoc1C.Cc1ccoc1C.Cc1ccsc1C.Cc1ccsc1C. The lowest BCUT2D eigenvalue weighted by molar-refractivity contribution is 0.531. The zero-order chi connectivity index (χ0) is 54.9. The number of para-hydroxylation sites is 3. The number of nitrogens with zero attached hydrogens (tertiary/aromatic N) is 3. The summed E-state index contributed by atoms with van der Waals surface area (Å²) in [6.07, 6.45) is 9.97. The number of aryl methyl sites for hydroxylation is 13. The number of benzene rings is 3. The predicted molar refractivity (Wildman–Crippen MR) is 325 cm³/mol. The molecule has 392 valence electrons. The van der Waals surface area contributed by atoms with Crippen LogP contribution in [0, 0.1) is 102 Å². The summed E-state index contributed by atoms with van der Waals surface area (Å²) in [7, 11) is 4.23. The maximum atomic E-state index is 4.96. The van der Waals surface area contributed by atoms with E-state index in [4.69, 9.17) is 8.83 Å². The van der Waals surface area contributed by atoms with Crippen molar-refractivity contribution in [2.45, 2.75) is 125 Å². The first-order valence-corrected chi connectivity index (χ1v) is 27.3. The zero-order valence-electron chi connectivity index (χ0n) is 48.4. The van der Waals surface area contributed by atoms with Crippen LogP contribution in [0.15, 0.2) is 171 Å². The minimum absolute atomic E-state index is 0.323. The molecule has 0 saturated carbocycles. The number of hydrogen-bond donors (Lipinski definition) is 0. The van der Waals surface area contributed by atoms with Gasteiger partial charge in [0.15, 0.2) is 0 Å². The fourth-order valence-electron chi connectivity index (χ4n) is 7.78. The van der Waals surface area contributed by atoms with E-state index in [0.29, 0.717) is 5.41 Å². The van der Waals surface area contributed by atoms with E-state index in [9.17, 15) is 0 Å². The van der Waals surface area contributed by atoms with Gasteiger partial charge in [-0.15, -0.1) is 22.7 Å². The highest BCUT2D eigenvalue weighted by Gasteiger charge is 2.21. The minimum Gasteiger partial charge on any atom is -0.469 e. The van der Waals surface area contributed by atoms with Crippen LogP contribution in [0.1, 0.15) is 105 Å². The molecule has 7 heteroatoms. The molecule has 74 heavy (non-hydrogen) atoms. The third-order valence-corrected chi connectivity index (χ3v) is 16.5. The Morgan fingerprint density at radius 2 is 0.851 bits per heavy atom. The average molecular weight is 1030 g/mol. The molecule has 7 aromatic heterocycles. The monoisotopic (exact) mass is 1030 g/mol. The van der Waals surface area contributed by atoms with Crippen molar-refractivity contribution in [2.75, 3.05) is 0 Å². The van der Waals surface area contributed by atoms with Gasteiger partial charge in [-0.05, 0) is 215 Å². The molecule has 0 unspecified atom stereocenters. The van der Waals surface area contributed by atoms with E-state index in [1.54, 1.807) is 35.2 Å². The fourth-order valence-corrected chi connectivity index (χ4v) is 9.24. The van der Waals surface area contributed by atoms with E-state index in [2.05, 4.69) is 245 Å². The van der Waals surface area contributed by atoms with Gasteiger partial charge in [-0.25, -0.2) is 0 Å². The van der Waals surface area contributed by atoms with Gasteiger partial charge in [-0.2, -0.15) is 0 Å². The average Bonchev–Trinajstić information content (AvgIpc) is 4.31. The largest absolute Gasteiger partial charge is 0.469 e. The van der Waals surface area contributed by atoms with Gasteiger partial charge in [-0.3, -0.25) is 0 Å². The first-order chi connectivity index (χ1) is 35.0. The molecule has 0 amide bonds. The third kappa shape index (κ3) is 16.5. The summed E-state index contributed by atoms with van der Waals surface area (Å²) in [5.74, 6) is 2.03. The Morgan fingerprint density at radius 1 is 0.432 bits per heavy atom. The molecule has 10 aromatic rings. The highest BCUT2D eigenvalue weighted by atomic mass is 32.1. The van der Waals surface area contributed by atoms with Crippen LogP contribution >= 0.6 is 22.7 Å². The number of hydrogen-bond acceptors (Lipinski definition) is 4. The number of furan rings is 2. The molecule has 0 N–H and O–H groups in total. The lowest BCUT2D eigenvalue weighted by atomic mass is 9.88. The fraction of sp³-hybridized carbons (Fsp3) is 0.313. The summed E-state index contributed by atoms with van der Waals surface area (Å²) < 4.78 is 16.6. The Bertz CT molecular complexity index is 2960. The topological polar surface area (TPSA) is 41.1 Å². The molecule has 0 fully saturated rings. The molecule has 0 aliphatic heterocycles. The quantitative estimate of drug-likeness (QED) is 0.164. The molecule has 0 spiro atoms. The van der Waals surface area contributed by atoms with Crippen molar-refractivity contribution >= 4 is 44.5 Å². The second-order valence-electron chi connectivity index (χ2n) is 19.9. The second-order valence-corrected chi connectivity index (χ2v) is 22.1. The van der Waals surface area contributed by atoms with Crippen LogP contribution in [0.25, 0.3) is 27.5 Å². The first-order valence-electron chi connectivity index (χ1n) is 25.6. The van der Waals surface area contributed by atoms with Gasteiger partial charge in [0.2, 0.25) is 0 Å². The molecule has 0 saturated heterocycles. The lowest BCUT2D eigenvalue weighted by Crippen LogP contribution is -2.05. The summed E-state index contributed by atoms with van der Waals surface area (Å²) in [4.78, 5) is 2.86. The third-order valence-electron chi connectivity index (χ3n) is 14.7. The summed E-state index contributed by atoms with van der Waals surface area (Å²) in [6, 6.07) is 37.8. The molecule has 0 radical (unpaired) electrons. The zero-order valence-corrected chi connectivity index (χ0v) is 50.0. The summed E-state index contributed by atoms with van der Waals surface area (Å²) in [5.41, 5.74) is 20.6. The molecule has 1 aliphatic rings. The van der Waals surface area contributed by atoms with Gasteiger partial charge in [0.1, 0.15) is 11.5 Å². The summed E-state index contributed by atoms with van der Waals surface area (Å²) in [6.45, 7) is 38.3. The van der Waals surface area contributed by atoms with Crippen molar-refractivity contribution in [3.63, 3.8) is 0 Å². The molecule has 11 rings (SSSR count). The van der Waals surface area contributed by atoms with Crippen molar-refractivity contribution in [2.24, 2.45) is 19.5 Å². The Morgan fingerprint density at radius 3 is 1.09 bits per heavy atom. The van der Waals surface area contributed by atoms with Crippen LogP contribution in [0.3, 0.4) is 0 Å². The Labute approximate surface area is 453 Å². The molecular weight excluding hydrogens is 943 g/mol. The van der Waals surface area contributed by atoms with Gasteiger partial charge in [0.25, 0.3) is 0 Å². The van der Waals surface area contributed by atoms with Crippen LogP contribution in [0.5, 0.6) is 0 Å². The Hall–Kier alpha value is -6.54. The molecule has 0 atom stereocenters. The normalized spacial score (nSPS) is 11.8. The van der Waals surface area contributed by atoms with Crippen molar-refractivity contribution in [1.82, 2.24) is 13.7 Å². The van der Waals surface area contributed by atoms with Crippen LogP contribution in [-0.4, -0.2) is 13.7 Å². The molecule has 3 aromatic carbocycles. The highest BCUT2D eigenvalue weighted by Crippen LogP contribution is 2.35. The highest BCUT2D eigenvalue weighted by molar-refractivity contribution is 7.10. The molecule has 5 nitrogen and oxygen atoms in total. The maximum absolute atomic E-state index is 4.96. The smallest absolute Gasteiger partial charge is 0.103 e. The van der Waals surface area contributed by atoms with E-state index < -0.39 is 0 Å². The van der Waals surface area contributed by atoms with Crippen molar-refractivity contribution < 1.29 is 8.83 Å². The van der Waals surface area contributed by atoms with Crippen molar-refractivity contribution in [1.29, 1.82) is 0 Å². The van der Waals surface area contributed by atoms with Gasteiger partial charge < -0.3 is 22.5 Å². The standard InChI is InChI=1S/C12H13N.2C11H13N.C9H14.2C6H8O.2C6H8S/c1-10-8-9-13(11(10)2)12-6-4-3-5-7-12;2*1-8-9(2)12(3)11-7-5-4-6-10(8)11;1-7-5-6-9(3,4)8(7)2;4*1-5-3-4-7-6(5)2/h3-9H,1-2H3;2*4-7H,1-3H3;5-6H,1-4H3;4*3-4H,1-2H3. The number of rotatable bonds is 1. The number of fused-ring (bicyclic) bond motifs is 2. The van der Waals surface area contributed by atoms with Crippen LogP contribution in [-0.2, 0) is 14.1 Å². The van der Waals surface area contributed by atoms with E-state index in [1.165, 1.54) is 104 Å². The van der Waals surface area contributed by atoms with Gasteiger partial charge in [0, 0.05) is 80.0 Å². The van der Waals surface area contributed by atoms with Crippen LogP contribution in [0.4, 0.5) is 0 Å². The minimum atomic E-state index is 0.323. The number of aromatic nitrogens is 3. The second kappa shape index (κ2) is 28.2. The van der Waals surface area contributed by atoms with E-state index in [0.717, 1.165) is 11.5 Å². The molecule has 0 bridgehead atoms. The molecule has 1 aliphatic carbocycles. The van der Waals surface area contributed by atoms with Crippen LogP contribution < -0.4 is 0 Å². The number of thiophene rings is 2. The van der Waals surface area contributed by atoms with Gasteiger partial charge >= 0.3 is 0 Å². The van der Waals surface area contributed by atoms with Crippen LogP contribution in [0.2, 0.25) is 0 Å². The van der Waals surface area contributed by atoms with Crippen molar-refractivity contribution in [3.05, 3.63) is 239 Å². The Kier molecular flexibility index (Phi) is 22.9. The van der Waals surface area contributed by atoms with Gasteiger partial charge in [0.05, 0.1) is 12.5 Å². The first kappa shape index (κ1) is 60.0. The number of allylic oxidation sites excluding steroid dienone is 4. The predicted octanol–water partition coefficient (Wildman–Crippen LogP) is 20.1. The van der Waals surface area contributed by atoms with E-state index in [-0.39, 0.29) is 0 Å². The lowest BCUT2D eigenvalue weighted by Gasteiger charge is -2.17. The van der Waals surface area contributed by atoms with E-state index in [1.807, 2.05) is 45.9 Å². The molecule has 7 heterocycles. The van der Waals surface area contributed by atoms with E-state index >= 15 is 0 Å².